The lowest BCUT2D eigenvalue weighted by molar-refractivity contribution is 0.616. The van der Waals surface area contributed by atoms with E-state index in [-0.39, 0.29) is 0 Å². The summed E-state index contributed by atoms with van der Waals surface area (Å²) in [7, 11) is 0. The van der Waals surface area contributed by atoms with Crippen LogP contribution in [0.3, 0.4) is 0 Å². The summed E-state index contributed by atoms with van der Waals surface area (Å²) in [6.07, 6.45) is 0.875. The van der Waals surface area contributed by atoms with Crippen LogP contribution in [0.5, 0.6) is 0 Å². The van der Waals surface area contributed by atoms with Crippen LogP contribution < -0.4 is 5.73 Å². The van der Waals surface area contributed by atoms with E-state index in [9.17, 15) is 0 Å². The third-order valence-corrected chi connectivity index (χ3v) is 3.06. The standard InChI is InChI=1S/C16H17N3O/c1-10(2)7-12-9-15(17)19-16(18-12)14-8-11-5-3-4-6-13(11)20-14/h3-6,8-10H,7H2,1-2H3,(H2,17,18,19). The Morgan fingerprint density at radius 2 is 1.95 bits per heavy atom. The third-order valence-electron chi connectivity index (χ3n) is 3.06. The van der Waals surface area contributed by atoms with Crippen molar-refractivity contribution in [1.29, 1.82) is 0 Å². The molecule has 0 spiro atoms. The van der Waals surface area contributed by atoms with Crippen LogP contribution in [-0.4, -0.2) is 9.97 Å². The molecule has 4 nitrogen and oxygen atoms in total. The Morgan fingerprint density at radius 3 is 2.70 bits per heavy atom. The number of nitrogen functional groups attached to an aromatic ring is 1. The van der Waals surface area contributed by atoms with Crippen molar-refractivity contribution >= 4 is 16.8 Å². The maximum atomic E-state index is 5.87. The molecule has 20 heavy (non-hydrogen) atoms. The lowest BCUT2D eigenvalue weighted by Gasteiger charge is -2.06. The number of fused-ring (bicyclic) bond motifs is 1. The number of hydrogen-bond acceptors (Lipinski definition) is 4. The van der Waals surface area contributed by atoms with E-state index in [4.69, 9.17) is 10.2 Å². The minimum Gasteiger partial charge on any atom is -0.453 e. The van der Waals surface area contributed by atoms with Gasteiger partial charge in [-0.25, -0.2) is 9.97 Å². The highest BCUT2D eigenvalue weighted by Gasteiger charge is 2.11. The highest BCUT2D eigenvalue weighted by molar-refractivity contribution is 5.81. The summed E-state index contributed by atoms with van der Waals surface area (Å²) in [6.45, 7) is 4.30. The number of hydrogen-bond donors (Lipinski definition) is 1. The molecule has 0 amide bonds. The summed E-state index contributed by atoms with van der Waals surface area (Å²) in [4.78, 5) is 8.83. The smallest absolute Gasteiger partial charge is 0.197 e. The number of nitrogens with zero attached hydrogens (tertiary/aromatic N) is 2. The summed E-state index contributed by atoms with van der Waals surface area (Å²) in [5, 5.41) is 1.04. The number of rotatable bonds is 3. The van der Waals surface area contributed by atoms with Gasteiger partial charge in [-0.05, 0) is 24.5 Å². The van der Waals surface area contributed by atoms with Gasteiger partial charge in [-0.3, -0.25) is 0 Å². The molecule has 0 fully saturated rings. The molecule has 2 N–H and O–H groups in total. The molecule has 0 unspecified atom stereocenters. The van der Waals surface area contributed by atoms with Crippen LogP contribution in [0, 0.1) is 5.92 Å². The van der Waals surface area contributed by atoms with E-state index in [1.165, 1.54) is 0 Å². The fourth-order valence-corrected chi connectivity index (χ4v) is 2.24. The lowest BCUT2D eigenvalue weighted by atomic mass is 10.1. The van der Waals surface area contributed by atoms with Crippen molar-refractivity contribution in [3.05, 3.63) is 42.1 Å². The Morgan fingerprint density at radius 1 is 1.15 bits per heavy atom. The number of furan rings is 1. The van der Waals surface area contributed by atoms with Gasteiger partial charge in [0, 0.05) is 17.1 Å². The Kier molecular flexibility index (Phi) is 3.14. The first-order chi connectivity index (χ1) is 9.61. The van der Waals surface area contributed by atoms with Gasteiger partial charge in [-0.1, -0.05) is 32.0 Å². The summed E-state index contributed by atoms with van der Waals surface area (Å²) in [5.74, 6) is 2.21. The van der Waals surface area contributed by atoms with Gasteiger partial charge in [0.05, 0.1) is 0 Å². The molecule has 0 aliphatic rings. The minimum atomic E-state index is 0.478. The largest absolute Gasteiger partial charge is 0.453 e. The molecular formula is C16H17N3O. The maximum Gasteiger partial charge on any atom is 0.197 e. The first-order valence-electron chi connectivity index (χ1n) is 6.74. The van der Waals surface area contributed by atoms with Gasteiger partial charge in [0.1, 0.15) is 11.4 Å². The fraction of sp³-hybridized carbons (Fsp3) is 0.250. The van der Waals surface area contributed by atoms with Crippen molar-refractivity contribution in [2.75, 3.05) is 5.73 Å². The lowest BCUT2D eigenvalue weighted by Crippen LogP contribution is -2.03. The monoisotopic (exact) mass is 267 g/mol. The molecule has 0 aliphatic heterocycles. The van der Waals surface area contributed by atoms with E-state index < -0.39 is 0 Å². The first kappa shape index (κ1) is 12.7. The molecule has 2 heterocycles. The van der Waals surface area contributed by atoms with Gasteiger partial charge in [0.2, 0.25) is 0 Å². The zero-order chi connectivity index (χ0) is 14.1. The second kappa shape index (κ2) is 4.96. The molecule has 3 rings (SSSR count). The van der Waals surface area contributed by atoms with E-state index >= 15 is 0 Å². The molecule has 0 bridgehead atoms. The zero-order valence-corrected chi connectivity index (χ0v) is 11.6. The second-order valence-corrected chi connectivity index (χ2v) is 5.35. The normalized spacial score (nSPS) is 11.3. The molecular weight excluding hydrogens is 250 g/mol. The molecule has 2 aromatic heterocycles. The van der Waals surface area contributed by atoms with Crippen molar-refractivity contribution in [2.45, 2.75) is 20.3 Å². The van der Waals surface area contributed by atoms with Gasteiger partial charge in [-0.15, -0.1) is 0 Å². The van der Waals surface area contributed by atoms with Crippen LogP contribution in [0.25, 0.3) is 22.6 Å². The van der Waals surface area contributed by atoms with Crippen molar-refractivity contribution < 1.29 is 4.42 Å². The first-order valence-corrected chi connectivity index (χ1v) is 6.74. The van der Waals surface area contributed by atoms with Crippen LogP contribution in [-0.2, 0) is 6.42 Å². The predicted molar refractivity (Wildman–Crippen MR) is 80.2 cm³/mol. The second-order valence-electron chi connectivity index (χ2n) is 5.35. The van der Waals surface area contributed by atoms with Crippen LogP contribution in [0.4, 0.5) is 5.82 Å². The molecule has 4 heteroatoms. The number of para-hydroxylation sites is 1. The van der Waals surface area contributed by atoms with Gasteiger partial charge in [0.15, 0.2) is 11.6 Å². The van der Waals surface area contributed by atoms with Crippen LogP contribution in [0.2, 0.25) is 0 Å². The Labute approximate surface area is 117 Å². The van der Waals surface area contributed by atoms with Crippen molar-refractivity contribution in [3.63, 3.8) is 0 Å². The van der Waals surface area contributed by atoms with E-state index in [0.717, 1.165) is 23.1 Å². The van der Waals surface area contributed by atoms with Gasteiger partial charge >= 0.3 is 0 Å². The van der Waals surface area contributed by atoms with E-state index in [0.29, 0.717) is 23.3 Å². The van der Waals surface area contributed by atoms with Crippen molar-refractivity contribution in [1.82, 2.24) is 9.97 Å². The number of anilines is 1. The average Bonchev–Trinajstić information content (AvgIpc) is 2.80. The average molecular weight is 267 g/mol. The number of nitrogens with two attached hydrogens (primary N) is 1. The van der Waals surface area contributed by atoms with E-state index in [1.54, 1.807) is 0 Å². The Bertz CT molecular complexity index is 713. The molecule has 1 aromatic carbocycles. The molecule has 0 saturated heterocycles. The number of aromatic nitrogens is 2. The molecule has 0 atom stereocenters. The highest BCUT2D eigenvalue weighted by atomic mass is 16.3. The van der Waals surface area contributed by atoms with E-state index in [1.807, 2.05) is 36.4 Å². The van der Waals surface area contributed by atoms with Crippen molar-refractivity contribution in [3.8, 4) is 11.6 Å². The third kappa shape index (κ3) is 2.50. The highest BCUT2D eigenvalue weighted by Crippen LogP contribution is 2.26. The minimum absolute atomic E-state index is 0.478. The number of benzene rings is 1. The topological polar surface area (TPSA) is 64.9 Å². The molecule has 0 saturated carbocycles. The summed E-state index contributed by atoms with van der Waals surface area (Å²) >= 11 is 0. The molecule has 0 aliphatic carbocycles. The van der Waals surface area contributed by atoms with Crippen LogP contribution in [0.15, 0.2) is 40.8 Å². The van der Waals surface area contributed by atoms with E-state index in [2.05, 4.69) is 23.8 Å². The zero-order valence-electron chi connectivity index (χ0n) is 11.6. The SMILES string of the molecule is CC(C)Cc1cc(N)nc(-c2cc3ccccc3o2)n1. The molecule has 102 valence electrons. The summed E-state index contributed by atoms with van der Waals surface area (Å²) < 4.78 is 5.79. The van der Waals surface area contributed by atoms with Crippen molar-refractivity contribution in [2.24, 2.45) is 5.92 Å². The predicted octanol–water partition coefficient (Wildman–Crippen LogP) is 3.67. The molecule has 0 radical (unpaired) electrons. The summed E-state index contributed by atoms with van der Waals surface area (Å²) in [5.41, 5.74) is 7.65. The Balaban J connectivity index is 2.06. The van der Waals surface area contributed by atoms with Gasteiger partial charge in [-0.2, -0.15) is 0 Å². The van der Waals surface area contributed by atoms with Crippen LogP contribution in [0.1, 0.15) is 19.5 Å². The van der Waals surface area contributed by atoms with Gasteiger partial charge in [0.25, 0.3) is 0 Å². The van der Waals surface area contributed by atoms with Crippen LogP contribution >= 0.6 is 0 Å². The molecule has 3 aromatic rings. The fourth-order valence-electron chi connectivity index (χ4n) is 2.24. The maximum absolute atomic E-state index is 5.87. The Hall–Kier alpha value is -2.36. The van der Waals surface area contributed by atoms with Gasteiger partial charge < -0.3 is 10.2 Å². The quantitative estimate of drug-likeness (QED) is 0.786. The summed E-state index contributed by atoms with van der Waals surface area (Å²) in [6, 6.07) is 11.6.